The van der Waals surface area contributed by atoms with Crippen LogP contribution in [0.25, 0.3) is 0 Å². The van der Waals surface area contributed by atoms with E-state index in [1.807, 2.05) is 12.1 Å². The van der Waals surface area contributed by atoms with Gasteiger partial charge in [-0.3, -0.25) is 10.00 Å². The molecule has 1 saturated heterocycles. The predicted octanol–water partition coefficient (Wildman–Crippen LogP) is 3.19. The average Bonchev–Trinajstić information content (AvgIpc) is 3.04. The van der Waals surface area contributed by atoms with Crippen LogP contribution in [0.15, 0.2) is 30.5 Å². The van der Waals surface area contributed by atoms with E-state index in [1.54, 1.807) is 12.3 Å². The van der Waals surface area contributed by atoms with Crippen molar-refractivity contribution in [3.8, 4) is 0 Å². The number of nitrogens with zero attached hydrogens (tertiary/aromatic N) is 2. The molecule has 19 heavy (non-hydrogen) atoms. The molecule has 1 aliphatic heterocycles. The van der Waals surface area contributed by atoms with Gasteiger partial charge in [0, 0.05) is 30.9 Å². The van der Waals surface area contributed by atoms with E-state index in [0.717, 1.165) is 31.6 Å². The molecule has 1 aromatic carbocycles. The summed E-state index contributed by atoms with van der Waals surface area (Å²) in [7, 11) is 0. The van der Waals surface area contributed by atoms with Crippen molar-refractivity contribution in [2.45, 2.75) is 18.9 Å². The summed E-state index contributed by atoms with van der Waals surface area (Å²) in [6, 6.07) is 7.05. The first kappa shape index (κ1) is 12.6. The van der Waals surface area contributed by atoms with E-state index in [2.05, 4.69) is 15.1 Å². The summed E-state index contributed by atoms with van der Waals surface area (Å²) in [6.45, 7) is 2.76. The third-order valence-electron chi connectivity index (χ3n) is 3.62. The van der Waals surface area contributed by atoms with Crippen molar-refractivity contribution in [2.75, 3.05) is 13.1 Å². The van der Waals surface area contributed by atoms with Crippen molar-refractivity contribution in [1.29, 1.82) is 0 Å². The predicted molar refractivity (Wildman–Crippen MR) is 72.6 cm³/mol. The zero-order valence-corrected chi connectivity index (χ0v) is 11.2. The molecule has 0 spiro atoms. The summed E-state index contributed by atoms with van der Waals surface area (Å²) in [4.78, 5) is 2.33. The SMILES string of the molecule is Fc1cc(CN2CCC(c3ccn[nH]3)C2)ccc1Cl. The number of halogens is 2. The minimum atomic E-state index is -0.344. The second-order valence-corrected chi connectivity index (χ2v) is 5.39. The standard InChI is InChI=1S/C14H15ClFN3/c15-12-2-1-10(7-13(12)16)8-19-6-4-11(9-19)14-3-5-17-18-14/h1-3,5,7,11H,4,6,8-9H2,(H,17,18). The van der Waals surface area contributed by atoms with E-state index in [-0.39, 0.29) is 10.8 Å². The van der Waals surface area contributed by atoms with Gasteiger partial charge in [-0.1, -0.05) is 17.7 Å². The minimum absolute atomic E-state index is 0.181. The molecule has 1 aromatic heterocycles. The first-order chi connectivity index (χ1) is 9.22. The molecular formula is C14H15ClFN3. The normalized spacial score (nSPS) is 20.0. The maximum atomic E-state index is 13.4. The van der Waals surface area contributed by atoms with E-state index in [4.69, 9.17) is 11.6 Å². The highest BCUT2D eigenvalue weighted by Gasteiger charge is 2.24. The van der Waals surface area contributed by atoms with Crippen molar-refractivity contribution < 1.29 is 4.39 Å². The Bertz CT molecular complexity index is 556. The molecule has 3 nitrogen and oxygen atoms in total. The van der Waals surface area contributed by atoms with Crippen molar-refractivity contribution >= 4 is 11.6 Å². The lowest BCUT2D eigenvalue weighted by molar-refractivity contribution is 0.326. The van der Waals surface area contributed by atoms with Crippen LogP contribution >= 0.6 is 11.6 Å². The van der Waals surface area contributed by atoms with Gasteiger partial charge in [-0.2, -0.15) is 5.10 Å². The van der Waals surface area contributed by atoms with Crippen LogP contribution in [0.3, 0.4) is 0 Å². The van der Waals surface area contributed by atoms with Crippen LogP contribution < -0.4 is 0 Å². The van der Waals surface area contributed by atoms with Gasteiger partial charge in [-0.15, -0.1) is 0 Å². The summed E-state index contributed by atoms with van der Waals surface area (Å²) in [6.07, 6.45) is 2.89. The first-order valence-corrected chi connectivity index (χ1v) is 6.76. The Balaban J connectivity index is 1.64. The summed E-state index contributed by atoms with van der Waals surface area (Å²) in [5.74, 6) is 0.156. The highest BCUT2D eigenvalue weighted by atomic mass is 35.5. The number of likely N-dealkylation sites (tertiary alicyclic amines) is 1. The van der Waals surface area contributed by atoms with Crippen LogP contribution in [0.1, 0.15) is 23.6 Å². The van der Waals surface area contributed by atoms with E-state index >= 15 is 0 Å². The minimum Gasteiger partial charge on any atom is -0.298 e. The highest BCUT2D eigenvalue weighted by molar-refractivity contribution is 6.30. The maximum absolute atomic E-state index is 13.4. The van der Waals surface area contributed by atoms with E-state index in [1.165, 1.54) is 11.8 Å². The average molecular weight is 280 g/mol. The van der Waals surface area contributed by atoms with Crippen LogP contribution in [0, 0.1) is 5.82 Å². The number of H-pyrrole nitrogens is 1. The van der Waals surface area contributed by atoms with Crippen molar-refractivity contribution in [3.05, 3.63) is 52.6 Å². The Labute approximate surface area is 116 Å². The fraction of sp³-hybridized carbons (Fsp3) is 0.357. The third-order valence-corrected chi connectivity index (χ3v) is 3.93. The first-order valence-electron chi connectivity index (χ1n) is 6.38. The molecule has 3 rings (SSSR count). The largest absolute Gasteiger partial charge is 0.298 e. The molecule has 0 bridgehead atoms. The maximum Gasteiger partial charge on any atom is 0.142 e. The fourth-order valence-electron chi connectivity index (χ4n) is 2.62. The van der Waals surface area contributed by atoms with Crippen LogP contribution in [0.2, 0.25) is 5.02 Å². The molecule has 0 saturated carbocycles. The number of nitrogens with one attached hydrogen (secondary N) is 1. The molecule has 1 fully saturated rings. The van der Waals surface area contributed by atoms with E-state index in [0.29, 0.717) is 5.92 Å². The molecule has 1 atom stereocenters. The lowest BCUT2D eigenvalue weighted by Crippen LogP contribution is -2.19. The zero-order valence-electron chi connectivity index (χ0n) is 10.4. The zero-order chi connectivity index (χ0) is 13.2. The lowest BCUT2D eigenvalue weighted by Gasteiger charge is -2.15. The summed E-state index contributed by atoms with van der Waals surface area (Å²) < 4.78 is 13.4. The Hall–Kier alpha value is -1.39. The summed E-state index contributed by atoms with van der Waals surface area (Å²) in [5.41, 5.74) is 2.15. The lowest BCUT2D eigenvalue weighted by atomic mass is 10.1. The number of hydrogen-bond acceptors (Lipinski definition) is 2. The van der Waals surface area contributed by atoms with E-state index < -0.39 is 0 Å². The fourth-order valence-corrected chi connectivity index (χ4v) is 2.74. The Kier molecular flexibility index (Phi) is 3.53. The Morgan fingerprint density at radius 3 is 3.05 bits per heavy atom. The smallest absolute Gasteiger partial charge is 0.142 e. The molecule has 100 valence electrons. The van der Waals surface area contributed by atoms with E-state index in [9.17, 15) is 4.39 Å². The van der Waals surface area contributed by atoms with Gasteiger partial charge in [0.15, 0.2) is 0 Å². The van der Waals surface area contributed by atoms with Gasteiger partial charge in [0.1, 0.15) is 5.82 Å². The second-order valence-electron chi connectivity index (χ2n) is 4.98. The summed E-state index contributed by atoms with van der Waals surface area (Å²) >= 11 is 5.69. The second kappa shape index (κ2) is 5.31. The van der Waals surface area contributed by atoms with Gasteiger partial charge in [0.05, 0.1) is 5.02 Å². The molecule has 0 radical (unpaired) electrons. The van der Waals surface area contributed by atoms with Gasteiger partial charge >= 0.3 is 0 Å². The van der Waals surface area contributed by atoms with Gasteiger partial charge in [0.2, 0.25) is 0 Å². The number of aromatic amines is 1. The molecule has 5 heteroatoms. The number of benzene rings is 1. The van der Waals surface area contributed by atoms with Crippen LogP contribution in [-0.2, 0) is 6.54 Å². The topological polar surface area (TPSA) is 31.9 Å². The molecule has 2 aromatic rings. The Morgan fingerprint density at radius 2 is 2.32 bits per heavy atom. The van der Waals surface area contributed by atoms with Crippen LogP contribution in [-0.4, -0.2) is 28.2 Å². The molecule has 1 aliphatic rings. The van der Waals surface area contributed by atoms with Crippen LogP contribution in [0.5, 0.6) is 0 Å². The molecule has 2 heterocycles. The van der Waals surface area contributed by atoms with Gasteiger partial charge in [-0.25, -0.2) is 4.39 Å². The number of aromatic nitrogens is 2. The van der Waals surface area contributed by atoms with Crippen molar-refractivity contribution in [1.82, 2.24) is 15.1 Å². The summed E-state index contributed by atoms with van der Waals surface area (Å²) in [5, 5.41) is 7.20. The molecule has 1 unspecified atom stereocenters. The molecule has 0 amide bonds. The molecule has 1 N–H and O–H groups in total. The number of rotatable bonds is 3. The van der Waals surface area contributed by atoms with Gasteiger partial charge in [0.25, 0.3) is 0 Å². The van der Waals surface area contributed by atoms with Gasteiger partial charge in [-0.05, 0) is 36.7 Å². The van der Waals surface area contributed by atoms with Crippen LogP contribution in [0.4, 0.5) is 4.39 Å². The highest BCUT2D eigenvalue weighted by Crippen LogP contribution is 2.27. The Morgan fingerprint density at radius 1 is 1.42 bits per heavy atom. The quantitative estimate of drug-likeness (QED) is 0.936. The molecule has 0 aliphatic carbocycles. The third kappa shape index (κ3) is 2.80. The monoisotopic (exact) mass is 279 g/mol. The van der Waals surface area contributed by atoms with Crippen molar-refractivity contribution in [3.63, 3.8) is 0 Å². The van der Waals surface area contributed by atoms with Gasteiger partial charge < -0.3 is 0 Å². The molecular weight excluding hydrogens is 265 g/mol. The van der Waals surface area contributed by atoms with Crippen molar-refractivity contribution in [2.24, 2.45) is 0 Å². The number of hydrogen-bond donors (Lipinski definition) is 1.